The van der Waals surface area contributed by atoms with Crippen molar-refractivity contribution in [2.75, 3.05) is 24.7 Å². The van der Waals surface area contributed by atoms with E-state index in [9.17, 15) is 4.79 Å². The first-order valence-corrected chi connectivity index (χ1v) is 6.86. The Labute approximate surface area is 127 Å². The molecule has 0 aliphatic carbocycles. The van der Waals surface area contributed by atoms with E-state index in [1.54, 1.807) is 24.7 Å². The Bertz CT molecular complexity index is 614. The number of carbonyl (C=O) groups excluding carboxylic acids is 1. The number of imidazole rings is 1. The van der Waals surface area contributed by atoms with Crippen LogP contribution >= 0.6 is 11.6 Å². The highest BCUT2D eigenvalue weighted by Gasteiger charge is 2.15. The van der Waals surface area contributed by atoms with Crippen molar-refractivity contribution in [3.63, 3.8) is 0 Å². The van der Waals surface area contributed by atoms with Crippen molar-refractivity contribution in [2.24, 2.45) is 0 Å². The van der Waals surface area contributed by atoms with Gasteiger partial charge in [-0.2, -0.15) is 0 Å². The van der Waals surface area contributed by atoms with Crippen molar-refractivity contribution in [1.29, 1.82) is 0 Å². The molecule has 0 radical (unpaired) electrons. The van der Waals surface area contributed by atoms with Gasteiger partial charge in [0.05, 0.1) is 29.7 Å². The zero-order valence-electron chi connectivity index (χ0n) is 11.7. The molecule has 0 aliphatic heterocycles. The molecular weight excluding hydrogens is 292 g/mol. The van der Waals surface area contributed by atoms with Gasteiger partial charge in [0.25, 0.3) is 0 Å². The molecule has 0 amide bonds. The number of nitrogens with one attached hydrogen (secondary N) is 1. The number of hydrogen-bond acceptors (Lipinski definition) is 5. The molecule has 0 atom stereocenters. The van der Waals surface area contributed by atoms with E-state index in [0.29, 0.717) is 28.5 Å². The Morgan fingerprint density at radius 1 is 1.52 bits per heavy atom. The number of nitrogens with zero attached hydrogens (tertiary/aromatic N) is 2. The molecule has 0 spiro atoms. The van der Waals surface area contributed by atoms with Crippen LogP contribution < -0.4 is 11.1 Å². The lowest BCUT2D eigenvalue weighted by atomic mass is 10.1. The van der Waals surface area contributed by atoms with Crippen LogP contribution in [-0.4, -0.2) is 29.2 Å². The predicted octanol–water partition coefficient (Wildman–Crippen LogP) is 2.41. The summed E-state index contributed by atoms with van der Waals surface area (Å²) in [7, 11) is 1.32. The topological polar surface area (TPSA) is 82.2 Å². The molecule has 0 saturated heterocycles. The van der Waals surface area contributed by atoms with Gasteiger partial charge in [-0.05, 0) is 18.6 Å². The number of methoxy groups -OCH3 is 1. The first-order chi connectivity index (χ1) is 10.1. The average Bonchev–Trinajstić information content (AvgIpc) is 2.97. The van der Waals surface area contributed by atoms with Crippen LogP contribution in [0.25, 0.3) is 0 Å². The summed E-state index contributed by atoms with van der Waals surface area (Å²) in [4.78, 5) is 15.7. The minimum atomic E-state index is -0.471. The van der Waals surface area contributed by atoms with Gasteiger partial charge in [-0.3, -0.25) is 0 Å². The lowest BCUT2D eigenvalue weighted by Gasteiger charge is -2.13. The molecule has 21 heavy (non-hydrogen) atoms. The maximum absolute atomic E-state index is 11.8. The smallest absolute Gasteiger partial charge is 0.340 e. The van der Waals surface area contributed by atoms with Crippen molar-refractivity contribution in [2.45, 2.75) is 13.0 Å². The number of nitrogens with two attached hydrogens (primary N) is 1. The number of rotatable bonds is 6. The maximum Gasteiger partial charge on any atom is 0.340 e. The summed E-state index contributed by atoms with van der Waals surface area (Å²) in [5.74, 6) is -0.471. The van der Waals surface area contributed by atoms with Crippen LogP contribution in [0.2, 0.25) is 5.02 Å². The molecule has 1 heterocycles. The number of ether oxygens (including phenoxy) is 1. The second-order valence-electron chi connectivity index (χ2n) is 4.50. The van der Waals surface area contributed by atoms with Crippen LogP contribution in [-0.2, 0) is 11.3 Å². The maximum atomic E-state index is 11.8. The second kappa shape index (κ2) is 6.99. The fourth-order valence-electron chi connectivity index (χ4n) is 1.97. The summed E-state index contributed by atoms with van der Waals surface area (Å²) in [6, 6.07) is 3.15. The van der Waals surface area contributed by atoms with E-state index in [-0.39, 0.29) is 0 Å². The van der Waals surface area contributed by atoms with Gasteiger partial charge >= 0.3 is 5.97 Å². The van der Waals surface area contributed by atoms with Gasteiger partial charge in [0.2, 0.25) is 0 Å². The van der Waals surface area contributed by atoms with Crippen LogP contribution in [0.5, 0.6) is 0 Å². The SMILES string of the molecule is COC(=O)c1cc(N)cc(Cl)c1NCCCn1ccnc1. The Kier molecular flexibility index (Phi) is 5.05. The molecule has 0 unspecified atom stereocenters. The molecule has 3 N–H and O–H groups in total. The van der Waals surface area contributed by atoms with Crippen LogP contribution in [0.1, 0.15) is 16.8 Å². The first kappa shape index (κ1) is 15.2. The van der Waals surface area contributed by atoms with Crippen LogP contribution in [0.15, 0.2) is 30.9 Å². The monoisotopic (exact) mass is 308 g/mol. The van der Waals surface area contributed by atoms with Crippen LogP contribution in [0.3, 0.4) is 0 Å². The first-order valence-electron chi connectivity index (χ1n) is 6.48. The number of aromatic nitrogens is 2. The van der Waals surface area contributed by atoms with Gasteiger partial charge in [-0.25, -0.2) is 9.78 Å². The van der Waals surface area contributed by atoms with Crippen molar-refractivity contribution in [3.05, 3.63) is 41.4 Å². The Morgan fingerprint density at radius 3 is 3.00 bits per heavy atom. The van der Waals surface area contributed by atoms with Crippen LogP contribution in [0, 0.1) is 0 Å². The third-order valence-corrected chi connectivity index (χ3v) is 3.27. The number of aryl methyl sites for hydroxylation is 1. The van der Waals surface area contributed by atoms with E-state index in [2.05, 4.69) is 10.3 Å². The largest absolute Gasteiger partial charge is 0.465 e. The average molecular weight is 309 g/mol. The Morgan fingerprint density at radius 2 is 2.33 bits per heavy atom. The van der Waals surface area contributed by atoms with Gasteiger partial charge in [-0.1, -0.05) is 11.6 Å². The van der Waals surface area contributed by atoms with Gasteiger partial charge < -0.3 is 20.4 Å². The number of esters is 1. The van der Waals surface area contributed by atoms with E-state index >= 15 is 0 Å². The molecule has 1 aromatic heterocycles. The third kappa shape index (κ3) is 3.88. The fraction of sp³-hybridized carbons (Fsp3) is 0.286. The number of hydrogen-bond donors (Lipinski definition) is 2. The van der Waals surface area contributed by atoms with E-state index in [1.165, 1.54) is 7.11 Å². The van der Waals surface area contributed by atoms with Gasteiger partial charge in [0, 0.05) is 31.2 Å². The quantitative estimate of drug-likeness (QED) is 0.486. The summed E-state index contributed by atoms with van der Waals surface area (Å²) >= 11 is 6.15. The number of carbonyl (C=O) groups is 1. The normalized spacial score (nSPS) is 10.4. The number of halogens is 1. The number of benzene rings is 1. The summed E-state index contributed by atoms with van der Waals surface area (Å²) < 4.78 is 6.73. The van der Waals surface area contributed by atoms with E-state index in [1.807, 2.05) is 10.8 Å². The van der Waals surface area contributed by atoms with Gasteiger partial charge in [0.1, 0.15) is 0 Å². The number of anilines is 2. The molecule has 112 valence electrons. The zero-order valence-corrected chi connectivity index (χ0v) is 12.4. The molecule has 1 aromatic carbocycles. The van der Waals surface area contributed by atoms with E-state index < -0.39 is 5.97 Å². The zero-order chi connectivity index (χ0) is 15.2. The van der Waals surface area contributed by atoms with Crippen molar-refractivity contribution < 1.29 is 9.53 Å². The number of nitrogen functional groups attached to an aromatic ring is 1. The third-order valence-electron chi connectivity index (χ3n) is 2.97. The molecule has 0 fully saturated rings. The Hall–Kier alpha value is -2.21. The van der Waals surface area contributed by atoms with E-state index in [4.69, 9.17) is 22.1 Å². The highest BCUT2D eigenvalue weighted by molar-refractivity contribution is 6.34. The fourth-order valence-corrected chi connectivity index (χ4v) is 2.27. The molecular formula is C14H17ClN4O2. The van der Waals surface area contributed by atoms with Crippen LogP contribution in [0.4, 0.5) is 11.4 Å². The molecule has 0 bridgehead atoms. The van der Waals surface area contributed by atoms with Gasteiger partial charge in [0.15, 0.2) is 0 Å². The summed E-state index contributed by atoms with van der Waals surface area (Å²) in [6.07, 6.45) is 6.25. The lowest BCUT2D eigenvalue weighted by molar-refractivity contribution is 0.0602. The molecule has 2 aromatic rings. The standard InChI is InChI=1S/C14H17ClN4O2/c1-21-14(20)11-7-10(16)8-12(15)13(11)18-3-2-5-19-6-4-17-9-19/h4,6-9,18H,2-3,5,16H2,1H3. The minimum Gasteiger partial charge on any atom is -0.465 e. The predicted molar refractivity (Wildman–Crippen MR) is 82.5 cm³/mol. The molecule has 6 nitrogen and oxygen atoms in total. The lowest BCUT2D eigenvalue weighted by Crippen LogP contribution is -2.12. The second-order valence-corrected chi connectivity index (χ2v) is 4.90. The van der Waals surface area contributed by atoms with Crippen molar-refractivity contribution in [3.8, 4) is 0 Å². The molecule has 0 saturated carbocycles. The summed E-state index contributed by atoms with van der Waals surface area (Å²) in [5, 5.41) is 3.57. The Balaban J connectivity index is 2.03. The van der Waals surface area contributed by atoms with Gasteiger partial charge in [-0.15, -0.1) is 0 Å². The molecule has 2 rings (SSSR count). The summed E-state index contributed by atoms with van der Waals surface area (Å²) in [5.41, 5.74) is 7.01. The van der Waals surface area contributed by atoms with Crippen molar-refractivity contribution >= 4 is 28.9 Å². The highest BCUT2D eigenvalue weighted by Crippen LogP contribution is 2.29. The highest BCUT2D eigenvalue weighted by atomic mass is 35.5. The van der Waals surface area contributed by atoms with Crippen molar-refractivity contribution in [1.82, 2.24) is 9.55 Å². The van der Waals surface area contributed by atoms with E-state index in [0.717, 1.165) is 13.0 Å². The summed E-state index contributed by atoms with van der Waals surface area (Å²) in [6.45, 7) is 1.49. The molecule has 0 aliphatic rings. The molecule has 7 heteroatoms. The minimum absolute atomic E-state index is 0.338.